The van der Waals surface area contributed by atoms with Gasteiger partial charge < -0.3 is 10.6 Å². The molecule has 26 heavy (non-hydrogen) atoms. The van der Waals surface area contributed by atoms with E-state index in [1.54, 1.807) is 12.1 Å². The Kier molecular flexibility index (Phi) is 4.76. The number of amides is 2. The van der Waals surface area contributed by atoms with Gasteiger partial charge in [0.2, 0.25) is 5.91 Å². The molecule has 4 aliphatic carbocycles. The Morgan fingerprint density at radius 3 is 2.19 bits per heavy atom. The minimum absolute atomic E-state index is 0.0570. The zero-order chi connectivity index (χ0) is 18.1. The molecule has 1 aromatic rings. The van der Waals surface area contributed by atoms with E-state index in [9.17, 15) is 9.59 Å². The predicted octanol–water partition coefficient (Wildman–Crippen LogP) is 3.53. The molecule has 0 spiro atoms. The molecule has 1 aromatic carbocycles. The van der Waals surface area contributed by atoms with Gasteiger partial charge >= 0.3 is 0 Å². The van der Waals surface area contributed by atoms with Crippen LogP contribution >= 0.6 is 0 Å². The lowest BCUT2D eigenvalue weighted by atomic mass is 9.48. The average Bonchev–Trinajstić information content (AvgIpc) is 2.61. The van der Waals surface area contributed by atoms with E-state index in [2.05, 4.69) is 17.6 Å². The first-order valence-corrected chi connectivity index (χ1v) is 10.2. The second kappa shape index (κ2) is 7.05. The van der Waals surface area contributed by atoms with Crippen molar-refractivity contribution in [3.05, 3.63) is 35.9 Å². The van der Waals surface area contributed by atoms with Crippen LogP contribution in [0.2, 0.25) is 0 Å². The van der Waals surface area contributed by atoms with Crippen molar-refractivity contribution in [2.75, 3.05) is 6.54 Å². The molecule has 4 saturated carbocycles. The van der Waals surface area contributed by atoms with E-state index in [1.807, 2.05) is 18.2 Å². The summed E-state index contributed by atoms with van der Waals surface area (Å²) in [4.78, 5) is 24.4. The molecule has 4 heteroatoms. The highest BCUT2D eigenvalue weighted by Gasteiger charge is 2.53. The molecule has 0 aromatic heterocycles. The second-order valence-electron chi connectivity index (χ2n) is 8.94. The maximum Gasteiger partial charge on any atom is 0.251 e. The monoisotopic (exact) mass is 354 g/mol. The van der Waals surface area contributed by atoms with Gasteiger partial charge in [0, 0.05) is 24.6 Å². The Labute approximate surface area is 156 Å². The first-order chi connectivity index (χ1) is 12.5. The van der Waals surface area contributed by atoms with Crippen molar-refractivity contribution in [1.29, 1.82) is 0 Å². The summed E-state index contributed by atoms with van der Waals surface area (Å²) in [7, 11) is 0. The second-order valence-corrected chi connectivity index (χ2v) is 8.94. The lowest BCUT2D eigenvalue weighted by Gasteiger charge is -2.59. The highest BCUT2D eigenvalue weighted by molar-refractivity contribution is 5.94. The van der Waals surface area contributed by atoms with Gasteiger partial charge in [-0.1, -0.05) is 18.2 Å². The molecule has 4 aliphatic rings. The molecule has 0 saturated heterocycles. The van der Waals surface area contributed by atoms with Crippen LogP contribution in [0, 0.1) is 23.2 Å². The molecule has 4 nitrogen and oxygen atoms in total. The van der Waals surface area contributed by atoms with Gasteiger partial charge in [-0.05, 0) is 80.8 Å². The lowest BCUT2D eigenvalue weighted by Crippen LogP contribution is -2.56. The number of carbonyl (C=O) groups is 2. The predicted molar refractivity (Wildman–Crippen MR) is 102 cm³/mol. The molecule has 0 heterocycles. The van der Waals surface area contributed by atoms with Gasteiger partial charge in [0.15, 0.2) is 0 Å². The highest BCUT2D eigenvalue weighted by atomic mass is 16.2. The largest absolute Gasteiger partial charge is 0.353 e. The van der Waals surface area contributed by atoms with Crippen molar-refractivity contribution < 1.29 is 9.59 Å². The van der Waals surface area contributed by atoms with Crippen LogP contribution in [0.15, 0.2) is 30.3 Å². The molecule has 5 rings (SSSR count). The van der Waals surface area contributed by atoms with Crippen LogP contribution in [0.1, 0.15) is 62.2 Å². The summed E-state index contributed by atoms with van der Waals surface area (Å²) in [5, 5.41) is 6.10. The lowest BCUT2D eigenvalue weighted by molar-refractivity contribution is -0.125. The van der Waals surface area contributed by atoms with Crippen molar-refractivity contribution in [3.8, 4) is 0 Å². The van der Waals surface area contributed by atoms with Crippen molar-refractivity contribution in [2.45, 2.75) is 57.9 Å². The molecule has 4 fully saturated rings. The first kappa shape index (κ1) is 17.6. The third-order valence-electron chi connectivity index (χ3n) is 7.06. The van der Waals surface area contributed by atoms with Gasteiger partial charge in [0.25, 0.3) is 5.91 Å². The summed E-state index contributed by atoms with van der Waals surface area (Å²) in [5.41, 5.74) is 0.965. The van der Waals surface area contributed by atoms with Gasteiger partial charge in [0.05, 0.1) is 0 Å². The zero-order valence-electron chi connectivity index (χ0n) is 15.7. The van der Waals surface area contributed by atoms with Crippen LogP contribution in [0.4, 0.5) is 0 Å². The van der Waals surface area contributed by atoms with E-state index in [1.165, 1.54) is 38.5 Å². The van der Waals surface area contributed by atoms with Crippen LogP contribution in [0.3, 0.4) is 0 Å². The van der Waals surface area contributed by atoms with Gasteiger partial charge in [0.1, 0.15) is 0 Å². The molecule has 0 unspecified atom stereocenters. The summed E-state index contributed by atoms with van der Waals surface area (Å²) in [6.07, 6.45) is 8.50. The zero-order valence-corrected chi connectivity index (χ0v) is 15.7. The molecule has 2 amide bonds. The number of hydrogen-bond donors (Lipinski definition) is 2. The molecule has 0 radical (unpaired) electrons. The standard InChI is InChI=1S/C22H30N2O2/c1-15(22-12-16-9-17(13-22)11-18(10-16)14-22)24-20(25)7-8-23-21(26)19-5-3-2-4-6-19/h2-6,15-18H,7-14H2,1H3,(H,23,26)(H,24,25)/t15-,16?,17?,18?,22?/m0/s1. The van der Waals surface area contributed by atoms with Crippen LogP contribution in [-0.2, 0) is 4.79 Å². The average molecular weight is 354 g/mol. The quantitative estimate of drug-likeness (QED) is 0.821. The minimum Gasteiger partial charge on any atom is -0.353 e. The fourth-order valence-electron chi connectivity index (χ4n) is 6.16. The Morgan fingerprint density at radius 1 is 1.04 bits per heavy atom. The summed E-state index contributed by atoms with van der Waals surface area (Å²) in [5.74, 6) is 2.62. The van der Waals surface area contributed by atoms with Crippen molar-refractivity contribution >= 4 is 11.8 Å². The number of hydrogen-bond acceptors (Lipinski definition) is 2. The Morgan fingerprint density at radius 2 is 1.62 bits per heavy atom. The Bertz CT molecular complexity index is 635. The summed E-state index contributed by atoms with van der Waals surface area (Å²) >= 11 is 0. The normalized spacial score (nSPS) is 32.9. The van der Waals surface area contributed by atoms with Crippen molar-refractivity contribution in [3.63, 3.8) is 0 Å². The first-order valence-electron chi connectivity index (χ1n) is 10.2. The van der Waals surface area contributed by atoms with E-state index < -0.39 is 0 Å². The van der Waals surface area contributed by atoms with Crippen LogP contribution in [-0.4, -0.2) is 24.4 Å². The summed E-state index contributed by atoms with van der Waals surface area (Å²) in [6.45, 7) is 2.58. The fraction of sp³-hybridized carbons (Fsp3) is 0.636. The van der Waals surface area contributed by atoms with Crippen LogP contribution < -0.4 is 10.6 Å². The summed E-state index contributed by atoms with van der Waals surface area (Å²) in [6, 6.07) is 9.38. The third-order valence-corrected chi connectivity index (χ3v) is 7.06. The van der Waals surface area contributed by atoms with E-state index in [4.69, 9.17) is 0 Å². The molecule has 140 valence electrons. The van der Waals surface area contributed by atoms with Crippen molar-refractivity contribution in [1.82, 2.24) is 10.6 Å². The maximum absolute atomic E-state index is 12.4. The van der Waals surface area contributed by atoms with Gasteiger partial charge in [-0.25, -0.2) is 0 Å². The molecule has 1 atom stereocenters. The smallest absolute Gasteiger partial charge is 0.251 e. The van der Waals surface area contributed by atoms with Crippen LogP contribution in [0.25, 0.3) is 0 Å². The van der Waals surface area contributed by atoms with E-state index in [-0.39, 0.29) is 17.9 Å². The number of nitrogens with one attached hydrogen (secondary N) is 2. The van der Waals surface area contributed by atoms with Crippen molar-refractivity contribution in [2.24, 2.45) is 23.2 Å². The third kappa shape index (κ3) is 3.51. The van der Waals surface area contributed by atoms with Crippen LogP contribution in [0.5, 0.6) is 0 Å². The summed E-state index contributed by atoms with van der Waals surface area (Å²) < 4.78 is 0. The van der Waals surface area contributed by atoms with Gasteiger partial charge in [-0.15, -0.1) is 0 Å². The SMILES string of the molecule is C[C@H](NC(=O)CCNC(=O)c1ccccc1)C12CC3CC(CC(C3)C1)C2. The number of rotatable bonds is 6. The Balaban J connectivity index is 1.25. The Hall–Kier alpha value is -1.84. The molecule has 2 N–H and O–H groups in total. The van der Waals surface area contributed by atoms with Gasteiger partial charge in [-0.2, -0.15) is 0 Å². The maximum atomic E-state index is 12.4. The number of benzene rings is 1. The molecule has 0 aliphatic heterocycles. The van der Waals surface area contributed by atoms with Gasteiger partial charge in [-0.3, -0.25) is 9.59 Å². The highest BCUT2D eigenvalue weighted by Crippen LogP contribution is 2.61. The van der Waals surface area contributed by atoms with E-state index in [0.29, 0.717) is 23.9 Å². The van der Waals surface area contributed by atoms with E-state index >= 15 is 0 Å². The molecular formula is C22H30N2O2. The minimum atomic E-state index is -0.118. The fourth-order valence-corrected chi connectivity index (χ4v) is 6.16. The topological polar surface area (TPSA) is 58.2 Å². The van der Waals surface area contributed by atoms with E-state index in [0.717, 1.165) is 17.8 Å². The molecular weight excluding hydrogens is 324 g/mol. The number of carbonyl (C=O) groups excluding carboxylic acids is 2. The molecule has 4 bridgehead atoms.